The van der Waals surface area contributed by atoms with Crippen LogP contribution in [0, 0.1) is 5.92 Å². The van der Waals surface area contributed by atoms with Crippen molar-refractivity contribution in [1.82, 2.24) is 5.43 Å². The molecule has 0 aliphatic heterocycles. The summed E-state index contributed by atoms with van der Waals surface area (Å²) in [5.41, 5.74) is 7.02. The fraction of sp³-hybridized carbons (Fsp3) is 0.600. The maximum atomic E-state index is 10.3. The third-order valence-corrected chi connectivity index (χ3v) is 2.35. The minimum Gasteiger partial charge on any atom is -0.350 e. The lowest BCUT2D eigenvalue weighted by Crippen LogP contribution is -2.24. The van der Waals surface area contributed by atoms with Crippen molar-refractivity contribution < 1.29 is 4.79 Å². The molecular weight excluding hydrogens is 178 g/mol. The molecule has 1 atom stereocenters. The van der Waals surface area contributed by atoms with E-state index in [9.17, 15) is 4.79 Å². The molecule has 1 unspecified atom stereocenters. The summed E-state index contributed by atoms with van der Waals surface area (Å²) in [5, 5.41) is 3.69. The molecule has 4 heteroatoms. The van der Waals surface area contributed by atoms with Crippen LogP contribution in [0.2, 0.25) is 0 Å². The first-order valence-corrected chi connectivity index (χ1v) is 5.01. The van der Waals surface area contributed by atoms with Crippen molar-refractivity contribution >= 4 is 12.2 Å². The summed E-state index contributed by atoms with van der Waals surface area (Å²) in [7, 11) is 0. The van der Waals surface area contributed by atoms with Gasteiger partial charge in [0.05, 0.1) is 0 Å². The van der Waals surface area contributed by atoms with Crippen LogP contribution < -0.4 is 11.2 Å². The van der Waals surface area contributed by atoms with Crippen LogP contribution in [0.5, 0.6) is 0 Å². The van der Waals surface area contributed by atoms with Gasteiger partial charge in [0.25, 0.3) is 0 Å². The average Bonchev–Trinajstić information content (AvgIpc) is 2.18. The van der Waals surface area contributed by atoms with Gasteiger partial charge in [-0.3, -0.25) is 0 Å². The molecule has 2 amide bonds. The van der Waals surface area contributed by atoms with Crippen LogP contribution in [-0.4, -0.2) is 12.2 Å². The zero-order chi connectivity index (χ0) is 10.2. The quantitative estimate of drug-likeness (QED) is 0.401. The molecule has 0 aromatic rings. The summed E-state index contributed by atoms with van der Waals surface area (Å²) in [6.45, 7) is 0. The fourth-order valence-corrected chi connectivity index (χ4v) is 1.60. The van der Waals surface area contributed by atoms with Crippen LogP contribution in [-0.2, 0) is 0 Å². The molecule has 0 heterocycles. The first-order valence-electron chi connectivity index (χ1n) is 5.01. The van der Waals surface area contributed by atoms with Gasteiger partial charge in [0.15, 0.2) is 0 Å². The number of rotatable bonds is 4. The van der Waals surface area contributed by atoms with Gasteiger partial charge in [-0.2, -0.15) is 5.10 Å². The number of carbonyl (C=O) groups is 1. The third-order valence-electron chi connectivity index (χ3n) is 2.35. The maximum Gasteiger partial charge on any atom is 0.332 e. The van der Waals surface area contributed by atoms with Crippen molar-refractivity contribution in [2.75, 3.05) is 0 Å². The predicted octanol–water partition coefficient (Wildman–Crippen LogP) is 1.78. The van der Waals surface area contributed by atoms with E-state index in [2.05, 4.69) is 22.7 Å². The monoisotopic (exact) mass is 195 g/mol. The van der Waals surface area contributed by atoms with E-state index in [0.29, 0.717) is 0 Å². The number of nitrogens with one attached hydrogen (secondary N) is 1. The highest BCUT2D eigenvalue weighted by atomic mass is 16.2. The van der Waals surface area contributed by atoms with Gasteiger partial charge in [0.2, 0.25) is 0 Å². The lowest BCUT2D eigenvalue weighted by molar-refractivity contribution is 0.249. The van der Waals surface area contributed by atoms with E-state index in [1.165, 1.54) is 19.3 Å². The fourth-order valence-electron chi connectivity index (χ4n) is 1.60. The summed E-state index contributed by atoms with van der Waals surface area (Å²) in [6, 6.07) is -0.609. The molecular formula is C10H17N3O. The number of amides is 2. The number of nitrogens with zero attached hydrogens (tertiary/aromatic N) is 1. The summed E-state index contributed by atoms with van der Waals surface area (Å²) in [4.78, 5) is 10.3. The minimum atomic E-state index is -0.609. The minimum absolute atomic E-state index is 0.609. The Morgan fingerprint density at radius 2 is 2.50 bits per heavy atom. The van der Waals surface area contributed by atoms with Crippen molar-refractivity contribution in [2.24, 2.45) is 16.8 Å². The highest BCUT2D eigenvalue weighted by molar-refractivity contribution is 5.72. The number of nitrogens with two attached hydrogens (primary N) is 1. The third kappa shape index (κ3) is 4.64. The molecule has 1 aliphatic carbocycles. The molecule has 1 aliphatic rings. The Balaban J connectivity index is 2.05. The van der Waals surface area contributed by atoms with E-state index in [1.54, 1.807) is 6.21 Å². The van der Waals surface area contributed by atoms with Crippen molar-refractivity contribution in [2.45, 2.75) is 32.1 Å². The van der Waals surface area contributed by atoms with Crippen LogP contribution in [0.4, 0.5) is 4.79 Å². The summed E-state index contributed by atoms with van der Waals surface area (Å²) in [6.07, 6.45) is 11.9. The molecule has 1 rings (SSSR count). The molecule has 3 N–H and O–H groups in total. The number of carbonyl (C=O) groups excluding carboxylic acids is 1. The number of hydrazone groups is 1. The second-order valence-corrected chi connectivity index (χ2v) is 3.52. The Kier molecular flexibility index (Phi) is 4.75. The molecule has 0 radical (unpaired) electrons. The molecule has 0 saturated carbocycles. The van der Waals surface area contributed by atoms with E-state index in [0.717, 1.165) is 18.8 Å². The average molecular weight is 195 g/mol. The second-order valence-electron chi connectivity index (χ2n) is 3.52. The normalized spacial score (nSPS) is 21.3. The molecule has 0 fully saturated rings. The number of allylic oxidation sites excluding steroid dienone is 2. The van der Waals surface area contributed by atoms with Gasteiger partial charge in [-0.25, -0.2) is 10.2 Å². The smallest absolute Gasteiger partial charge is 0.332 e. The molecule has 0 aromatic carbocycles. The van der Waals surface area contributed by atoms with Gasteiger partial charge < -0.3 is 5.73 Å². The number of hydrogen-bond acceptors (Lipinski definition) is 2. The van der Waals surface area contributed by atoms with Gasteiger partial charge in [-0.1, -0.05) is 12.2 Å². The van der Waals surface area contributed by atoms with Crippen molar-refractivity contribution in [3.05, 3.63) is 12.2 Å². The summed E-state index contributed by atoms with van der Waals surface area (Å²) < 4.78 is 0. The van der Waals surface area contributed by atoms with Gasteiger partial charge in [0.1, 0.15) is 0 Å². The Bertz CT molecular complexity index is 236. The SMILES string of the molecule is NC(=O)N/N=C/CCC1CC=CCC1. The highest BCUT2D eigenvalue weighted by Crippen LogP contribution is 2.21. The molecule has 0 aromatic heterocycles. The Hall–Kier alpha value is -1.32. The Morgan fingerprint density at radius 3 is 3.14 bits per heavy atom. The molecule has 0 saturated heterocycles. The first-order chi connectivity index (χ1) is 6.79. The maximum absolute atomic E-state index is 10.3. The van der Waals surface area contributed by atoms with E-state index in [-0.39, 0.29) is 0 Å². The van der Waals surface area contributed by atoms with E-state index in [4.69, 9.17) is 5.73 Å². The standard InChI is InChI=1S/C10H17N3O/c11-10(14)13-12-8-4-7-9-5-2-1-3-6-9/h1-2,8-9H,3-7H2,(H3,11,13,14)/b12-8+. The number of urea groups is 1. The second kappa shape index (κ2) is 6.18. The Morgan fingerprint density at radius 1 is 1.64 bits per heavy atom. The molecule has 4 nitrogen and oxygen atoms in total. The number of primary amides is 1. The molecule has 0 spiro atoms. The number of hydrogen-bond donors (Lipinski definition) is 2. The van der Waals surface area contributed by atoms with Crippen LogP contribution >= 0.6 is 0 Å². The van der Waals surface area contributed by atoms with Crippen LogP contribution in [0.25, 0.3) is 0 Å². The van der Waals surface area contributed by atoms with Gasteiger partial charge in [0, 0.05) is 6.21 Å². The highest BCUT2D eigenvalue weighted by Gasteiger charge is 2.07. The topological polar surface area (TPSA) is 67.5 Å². The predicted molar refractivity (Wildman–Crippen MR) is 56.9 cm³/mol. The van der Waals surface area contributed by atoms with Gasteiger partial charge in [-0.15, -0.1) is 0 Å². The van der Waals surface area contributed by atoms with Crippen LogP contribution in [0.1, 0.15) is 32.1 Å². The lowest BCUT2D eigenvalue weighted by Gasteiger charge is -2.15. The van der Waals surface area contributed by atoms with Crippen molar-refractivity contribution in [1.29, 1.82) is 0 Å². The van der Waals surface area contributed by atoms with Crippen LogP contribution in [0.3, 0.4) is 0 Å². The van der Waals surface area contributed by atoms with Crippen molar-refractivity contribution in [3.8, 4) is 0 Å². The van der Waals surface area contributed by atoms with E-state index >= 15 is 0 Å². The zero-order valence-corrected chi connectivity index (χ0v) is 8.28. The van der Waals surface area contributed by atoms with Gasteiger partial charge in [-0.05, 0) is 38.0 Å². The van der Waals surface area contributed by atoms with Crippen LogP contribution in [0.15, 0.2) is 17.3 Å². The molecule has 78 valence electrons. The molecule has 14 heavy (non-hydrogen) atoms. The van der Waals surface area contributed by atoms with E-state index < -0.39 is 6.03 Å². The summed E-state index contributed by atoms with van der Waals surface area (Å²) >= 11 is 0. The zero-order valence-electron chi connectivity index (χ0n) is 8.28. The summed E-state index contributed by atoms with van der Waals surface area (Å²) in [5.74, 6) is 0.778. The van der Waals surface area contributed by atoms with Gasteiger partial charge >= 0.3 is 6.03 Å². The lowest BCUT2D eigenvalue weighted by atomic mass is 9.91. The van der Waals surface area contributed by atoms with Crippen molar-refractivity contribution in [3.63, 3.8) is 0 Å². The Labute approximate surface area is 84.2 Å². The largest absolute Gasteiger partial charge is 0.350 e. The molecule has 0 bridgehead atoms. The first kappa shape index (κ1) is 10.8. The van der Waals surface area contributed by atoms with E-state index in [1.807, 2.05) is 0 Å².